The van der Waals surface area contributed by atoms with E-state index in [9.17, 15) is 4.79 Å². The lowest BCUT2D eigenvalue weighted by atomic mass is 10.3. The predicted octanol–water partition coefficient (Wildman–Crippen LogP) is 2.67. The zero-order valence-corrected chi connectivity index (χ0v) is 13.4. The summed E-state index contributed by atoms with van der Waals surface area (Å²) < 4.78 is 10.6. The second-order valence-corrected chi connectivity index (χ2v) is 5.70. The number of nitrogens with one attached hydrogen (secondary N) is 1. The zero-order chi connectivity index (χ0) is 15.8. The lowest BCUT2D eigenvalue weighted by Crippen LogP contribution is -2.26. The first kappa shape index (κ1) is 16.0. The summed E-state index contributed by atoms with van der Waals surface area (Å²) in [5.41, 5.74) is 0. The molecule has 0 saturated heterocycles. The SMILES string of the molecule is COc1ccc(OCCNC(=O)/C=C\c2cnc(C)s2)cc1. The molecule has 2 rings (SSSR count). The number of benzene rings is 1. The second kappa shape index (κ2) is 8.19. The Morgan fingerprint density at radius 3 is 2.68 bits per heavy atom. The number of hydrogen-bond acceptors (Lipinski definition) is 5. The molecule has 1 aromatic heterocycles. The fraction of sp³-hybridized carbons (Fsp3) is 0.250. The Balaban J connectivity index is 1.67. The van der Waals surface area contributed by atoms with Crippen molar-refractivity contribution in [1.29, 1.82) is 0 Å². The van der Waals surface area contributed by atoms with E-state index in [-0.39, 0.29) is 5.91 Å². The third-order valence-corrected chi connectivity index (χ3v) is 3.65. The number of methoxy groups -OCH3 is 1. The predicted molar refractivity (Wildman–Crippen MR) is 87.4 cm³/mol. The van der Waals surface area contributed by atoms with Crippen molar-refractivity contribution < 1.29 is 14.3 Å². The number of ether oxygens (including phenoxy) is 2. The molecule has 116 valence electrons. The summed E-state index contributed by atoms with van der Waals surface area (Å²) in [4.78, 5) is 16.7. The van der Waals surface area contributed by atoms with Crippen molar-refractivity contribution in [3.63, 3.8) is 0 Å². The van der Waals surface area contributed by atoms with Crippen molar-refractivity contribution in [1.82, 2.24) is 10.3 Å². The fourth-order valence-corrected chi connectivity index (χ4v) is 2.37. The Morgan fingerprint density at radius 2 is 2.05 bits per heavy atom. The van der Waals surface area contributed by atoms with Crippen LogP contribution >= 0.6 is 11.3 Å². The third kappa shape index (κ3) is 5.21. The number of carbonyl (C=O) groups is 1. The Labute approximate surface area is 133 Å². The molecule has 1 N–H and O–H groups in total. The number of amides is 1. The highest BCUT2D eigenvalue weighted by Crippen LogP contribution is 2.16. The number of thiazole rings is 1. The largest absolute Gasteiger partial charge is 0.497 e. The number of carbonyl (C=O) groups excluding carboxylic acids is 1. The van der Waals surface area contributed by atoms with E-state index in [1.54, 1.807) is 30.7 Å². The molecule has 0 saturated carbocycles. The number of rotatable bonds is 7. The van der Waals surface area contributed by atoms with Crippen LogP contribution in [-0.4, -0.2) is 31.2 Å². The first-order chi connectivity index (χ1) is 10.7. The summed E-state index contributed by atoms with van der Waals surface area (Å²) in [5, 5.41) is 3.74. The molecule has 0 atom stereocenters. The second-order valence-electron chi connectivity index (χ2n) is 4.43. The van der Waals surface area contributed by atoms with Crippen molar-refractivity contribution >= 4 is 23.3 Å². The molecular weight excluding hydrogens is 300 g/mol. The van der Waals surface area contributed by atoms with Crippen LogP contribution in [0.5, 0.6) is 11.5 Å². The van der Waals surface area contributed by atoms with Crippen LogP contribution in [0.15, 0.2) is 36.5 Å². The van der Waals surface area contributed by atoms with Gasteiger partial charge in [0.25, 0.3) is 0 Å². The van der Waals surface area contributed by atoms with Gasteiger partial charge in [-0.25, -0.2) is 4.98 Å². The molecule has 2 aromatic rings. The van der Waals surface area contributed by atoms with E-state index in [1.165, 1.54) is 6.08 Å². The normalized spacial score (nSPS) is 10.6. The summed E-state index contributed by atoms with van der Waals surface area (Å²) >= 11 is 1.55. The molecule has 0 radical (unpaired) electrons. The van der Waals surface area contributed by atoms with Crippen molar-refractivity contribution in [2.75, 3.05) is 20.3 Å². The molecule has 0 aliphatic rings. The van der Waals surface area contributed by atoms with Gasteiger partial charge in [-0.3, -0.25) is 4.79 Å². The van der Waals surface area contributed by atoms with Crippen LogP contribution in [0.4, 0.5) is 0 Å². The standard InChI is InChI=1S/C16H18N2O3S/c1-12-18-11-15(22-12)7-8-16(19)17-9-10-21-14-5-3-13(20-2)4-6-14/h3-8,11H,9-10H2,1-2H3,(H,17,19)/b8-7-. The first-order valence-electron chi connectivity index (χ1n) is 6.82. The van der Waals surface area contributed by atoms with E-state index in [0.717, 1.165) is 21.4 Å². The number of aryl methyl sites for hydroxylation is 1. The minimum atomic E-state index is -0.149. The summed E-state index contributed by atoms with van der Waals surface area (Å²) in [7, 11) is 1.62. The summed E-state index contributed by atoms with van der Waals surface area (Å²) in [6.07, 6.45) is 5.00. The highest BCUT2D eigenvalue weighted by Gasteiger charge is 1.98. The van der Waals surface area contributed by atoms with E-state index in [4.69, 9.17) is 9.47 Å². The molecule has 1 amide bonds. The van der Waals surface area contributed by atoms with Gasteiger partial charge in [-0.05, 0) is 37.3 Å². The van der Waals surface area contributed by atoms with Crippen molar-refractivity contribution in [2.24, 2.45) is 0 Å². The lowest BCUT2D eigenvalue weighted by Gasteiger charge is -2.07. The van der Waals surface area contributed by atoms with Crippen molar-refractivity contribution in [2.45, 2.75) is 6.92 Å². The van der Waals surface area contributed by atoms with E-state index in [1.807, 2.05) is 31.2 Å². The van der Waals surface area contributed by atoms with Crippen LogP contribution in [0.3, 0.4) is 0 Å². The molecule has 5 nitrogen and oxygen atoms in total. The summed E-state index contributed by atoms with van der Waals surface area (Å²) in [6.45, 7) is 2.78. The van der Waals surface area contributed by atoms with Crippen LogP contribution in [-0.2, 0) is 4.79 Å². The van der Waals surface area contributed by atoms with Gasteiger partial charge in [0.1, 0.15) is 18.1 Å². The van der Waals surface area contributed by atoms with Crippen LogP contribution in [0, 0.1) is 6.92 Å². The Kier molecular flexibility index (Phi) is 5.97. The highest BCUT2D eigenvalue weighted by molar-refractivity contribution is 7.12. The van der Waals surface area contributed by atoms with E-state index < -0.39 is 0 Å². The molecule has 0 aliphatic carbocycles. The number of aromatic nitrogens is 1. The van der Waals surface area contributed by atoms with E-state index >= 15 is 0 Å². The molecule has 0 spiro atoms. The zero-order valence-electron chi connectivity index (χ0n) is 12.5. The van der Waals surface area contributed by atoms with E-state index in [0.29, 0.717) is 13.2 Å². The van der Waals surface area contributed by atoms with Crippen LogP contribution in [0.1, 0.15) is 9.88 Å². The topological polar surface area (TPSA) is 60.5 Å². The molecule has 6 heteroatoms. The van der Waals surface area contributed by atoms with Gasteiger partial charge in [-0.2, -0.15) is 0 Å². The Bertz CT molecular complexity index is 635. The van der Waals surface area contributed by atoms with Gasteiger partial charge in [-0.15, -0.1) is 11.3 Å². The van der Waals surface area contributed by atoms with Gasteiger partial charge in [0, 0.05) is 17.2 Å². The molecule has 0 bridgehead atoms. The van der Waals surface area contributed by atoms with Crippen molar-refractivity contribution in [3.05, 3.63) is 46.4 Å². The maximum atomic E-state index is 11.6. The lowest BCUT2D eigenvalue weighted by molar-refractivity contribution is -0.116. The molecule has 22 heavy (non-hydrogen) atoms. The van der Waals surface area contributed by atoms with Crippen LogP contribution in [0.2, 0.25) is 0 Å². The quantitative estimate of drug-likeness (QED) is 0.630. The molecule has 1 heterocycles. The average molecular weight is 318 g/mol. The fourth-order valence-electron chi connectivity index (χ4n) is 1.69. The molecule has 0 unspecified atom stereocenters. The van der Waals surface area contributed by atoms with Gasteiger partial charge < -0.3 is 14.8 Å². The minimum Gasteiger partial charge on any atom is -0.497 e. The number of hydrogen-bond donors (Lipinski definition) is 1. The minimum absolute atomic E-state index is 0.149. The van der Waals surface area contributed by atoms with Crippen molar-refractivity contribution in [3.8, 4) is 11.5 Å². The molecule has 0 fully saturated rings. The average Bonchev–Trinajstić information content (AvgIpc) is 2.96. The monoisotopic (exact) mass is 318 g/mol. The maximum absolute atomic E-state index is 11.6. The molecule has 1 aromatic carbocycles. The smallest absolute Gasteiger partial charge is 0.244 e. The first-order valence-corrected chi connectivity index (χ1v) is 7.64. The third-order valence-electron chi connectivity index (χ3n) is 2.77. The van der Waals surface area contributed by atoms with Gasteiger partial charge >= 0.3 is 0 Å². The van der Waals surface area contributed by atoms with Gasteiger partial charge in [0.05, 0.1) is 18.7 Å². The highest BCUT2D eigenvalue weighted by atomic mass is 32.1. The Morgan fingerprint density at radius 1 is 1.32 bits per heavy atom. The molecular formula is C16H18N2O3S. The van der Waals surface area contributed by atoms with E-state index in [2.05, 4.69) is 10.3 Å². The molecule has 0 aliphatic heterocycles. The van der Waals surface area contributed by atoms with Crippen LogP contribution < -0.4 is 14.8 Å². The Hall–Kier alpha value is -2.34. The number of nitrogens with zero attached hydrogens (tertiary/aromatic N) is 1. The van der Waals surface area contributed by atoms with Gasteiger partial charge in [-0.1, -0.05) is 0 Å². The summed E-state index contributed by atoms with van der Waals surface area (Å²) in [6, 6.07) is 7.31. The van der Waals surface area contributed by atoms with Crippen LogP contribution in [0.25, 0.3) is 6.08 Å². The maximum Gasteiger partial charge on any atom is 0.244 e. The van der Waals surface area contributed by atoms with Gasteiger partial charge in [0.2, 0.25) is 5.91 Å². The summed E-state index contributed by atoms with van der Waals surface area (Å²) in [5.74, 6) is 1.37. The van der Waals surface area contributed by atoms with Gasteiger partial charge in [0.15, 0.2) is 0 Å².